The third-order valence-electron chi connectivity index (χ3n) is 7.30. The standard InChI is InChI=1S/C24H39N5O4.C5H12.C4H4O3.CH4O/c1-24(2,3)23-27-16-19(21(28-23)26-6-5-9-32-4)20(30)13-17-12-18(15-25-14-17)22(31)29-7-10-33-11-8-29;1-4-5(2)3;5-3-1-2-4(6)7;1-2/h16-18,25H,5-15H2,1-4H3,(H,26,27,28);5H,4H2,1-3H3;1-3H,(H,6,7);2H,1H3/b;;2-1+;. The molecule has 1 aromatic rings. The van der Waals surface area contributed by atoms with Gasteiger partial charge in [0.2, 0.25) is 5.91 Å². The van der Waals surface area contributed by atoms with Crippen molar-refractivity contribution in [3.63, 3.8) is 0 Å². The number of carboxylic acid groups (broad SMARTS) is 1. The molecule has 13 heteroatoms. The van der Waals surface area contributed by atoms with Gasteiger partial charge in [0.15, 0.2) is 5.78 Å². The zero-order valence-corrected chi connectivity index (χ0v) is 29.7. The molecule has 3 heterocycles. The molecule has 0 saturated carbocycles. The van der Waals surface area contributed by atoms with E-state index in [-0.39, 0.29) is 28.9 Å². The monoisotopic (exact) mass is 665 g/mol. The normalized spacial score (nSPS) is 17.7. The van der Waals surface area contributed by atoms with Crippen LogP contribution in [0, 0.1) is 17.8 Å². The lowest BCUT2D eigenvalue weighted by Crippen LogP contribution is -2.49. The number of piperidine rings is 1. The lowest BCUT2D eigenvalue weighted by molar-refractivity contribution is -0.140. The molecular formula is C34H59N5O8. The number of morpholine rings is 1. The van der Waals surface area contributed by atoms with Crippen LogP contribution in [0.25, 0.3) is 0 Å². The molecule has 0 aromatic carbocycles. The maximum Gasteiger partial charge on any atom is 0.328 e. The van der Waals surface area contributed by atoms with Gasteiger partial charge in [-0.1, -0.05) is 48.0 Å². The molecule has 0 spiro atoms. The van der Waals surface area contributed by atoms with Crippen LogP contribution in [0.5, 0.6) is 0 Å². The molecule has 3 rings (SSSR count). The minimum atomic E-state index is -1.10. The number of hydrogen-bond acceptors (Lipinski definition) is 11. The van der Waals surface area contributed by atoms with Crippen molar-refractivity contribution in [2.75, 3.05) is 72.1 Å². The minimum absolute atomic E-state index is 0.0102. The number of allylic oxidation sites excluding steroid dienone is 1. The highest BCUT2D eigenvalue weighted by molar-refractivity contribution is 6.00. The molecule has 2 fully saturated rings. The average Bonchev–Trinajstić information content (AvgIpc) is 3.06. The number of aliphatic hydroxyl groups is 1. The second-order valence-corrected chi connectivity index (χ2v) is 12.6. The van der Waals surface area contributed by atoms with Gasteiger partial charge in [0.1, 0.15) is 17.9 Å². The fourth-order valence-corrected chi connectivity index (χ4v) is 4.42. The van der Waals surface area contributed by atoms with Crippen LogP contribution in [0.15, 0.2) is 18.3 Å². The zero-order valence-electron chi connectivity index (χ0n) is 29.7. The van der Waals surface area contributed by atoms with Crippen molar-refractivity contribution >= 4 is 29.8 Å². The quantitative estimate of drug-likeness (QED) is 0.111. The lowest BCUT2D eigenvalue weighted by Gasteiger charge is -2.34. The molecule has 0 bridgehead atoms. The van der Waals surface area contributed by atoms with E-state index in [0.717, 1.165) is 38.1 Å². The number of Topliss-reactive ketones (excluding diaryl/α,β-unsaturated/α-hetero) is 1. The van der Waals surface area contributed by atoms with Crippen LogP contribution in [0.2, 0.25) is 0 Å². The zero-order chi connectivity index (χ0) is 35.8. The van der Waals surface area contributed by atoms with Crippen LogP contribution < -0.4 is 10.6 Å². The first kappa shape index (κ1) is 43.7. The van der Waals surface area contributed by atoms with Crippen LogP contribution in [0.4, 0.5) is 5.82 Å². The Labute approximate surface area is 280 Å². The highest BCUT2D eigenvalue weighted by Gasteiger charge is 2.32. The first-order valence-corrected chi connectivity index (χ1v) is 16.3. The summed E-state index contributed by atoms with van der Waals surface area (Å²) in [6.45, 7) is 18.0. The second kappa shape index (κ2) is 24.9. The smallest absolute Gasteiger partial charge is 0.328 e. The van der Waals surface area contributed by atoms with E-state index < -0.39 is 5.97 Å². The van der Waals surface area contributed by atoms with Crippen LogP contribution in [-0.4, -0.2) is 116 Å². The van der Waals surface area contributed by atoms with Gasteiger partial charge in [-0.3, -0.25) is 14.4 Å². The van der Waals surface area contributed by atoms with E-state index in [1.807, 2.05) is 4.90 Å². The van der Waals surface area contributed by atoms with Gasteiger partial charge in [-0.15, -0.1) is 0 Å². The van der Waals surface area contributed by atoms with Crippen molar-refractivity contribution < 1.29 is 38.9 Å². The molecule has 268 valence electrons. The number of nitrogens with zero attached hydrogens (tertiary/aromatic N) is 3. The number of hydrogen-bond donors (Lipinski definition) is 4. The van der Waals surface area contributed by atoms with E-state index in [4.69, 9.17) is 19.7 Å². The highest BCUT2D eigenvalue weighted by Crippen LogP contribution is 2.26. The fraction of sp³-hybridized carbons (Fsp3) is 0.706. The maximum atomic E-state index is 13.3. The number of ether oxygens (including phenoxy) is 2. The SMILES string of the molecule is CCC(C)C.CO.COCCCNc1nc(C(C)(C)C)ncc1C(=O)CC1CNCC(C(=O)N2CCOCC2)C1.O=C/C=C/C(=O)O. The van der Waals surface area contributed by atoms with Gasteiger partial charge in [0.05, 0.1) is 24.7 Å². The largest absolute Gasteiger partial charge is 0.478 e. The van der Waals surface area contributed by atoms with Gasteiger partial charge in [-0.25, -0.2) is 14.8 Å². The molecular weight excluding hydrogens is 606 g/mol. The van der Waals surface area contributed by atoms with Gasteiger partial charge in [0, 0.05) is 71.1 Å². The van der Waals surface area contributed by atoms with E-state index in [1.54, 1.807) is 13.3 Å². The molecule has 4 N–H and O–H groups in total. The van der Waals surface area contributed by atoms with Gasteiger partial charge in [-0.2, -0.15) is 0 Å². The van der Waals surface area contributed by atoms with Crippen LogP contribution in [0.1, 0.15) is 83.4 Å². The van der Waals surface area contributed by atoms with Crippen LogP contribution in [-0.2, 0) is 29.3 Å². The number of rotatable bonds is 12. The summed E-state index contributed by atoms with van der Waals surface area (Å²) in [5.41, 5.74) is 0.298. The number of ketones is 1. The van der Waals surface area contributed by atoms with Crippen LogP contribution >= 0.6 is 0 Å². The van der Waals surface area contributed by atoms with Crippen molar-refractivity contribution in [2.45, 2.75) is 72.6 Å². The molecule has 0 radical (unpaired) electrons. The number of nitrogens with one attached hydrogen (secondary N) is 2. The predicted molar refractivity (Wildman–Crippen MR) is 183 cm³/mol. The fourth-order valence-electron chi connectivity index (χ4n) is 4.42. The number of aliphatic carboxylic acids is 1. The van der Waals surface area contributed by atoms with Crippen molar-refractivity contribution in [1.29, 1.82) is 0 Å². The first-order chi connectivity index (χ1) is 22.3. The molecule has 2 atom stereocenters. The summed E-state index contributed by atoms with van der Waals surface area (Å²) in [7, 11) is 2.67. The summed E-state index contributed by atoms with van der Waals surface area (Å²) in [4.78, 5) is 56.1. The molecule has 1 amide bonds. The minimum Gasteiger partial charge on any atom is -0.478 e. The van der Waals surface area contributed by atoms with Crippen molar-refractivity contribution in [3.05, 3.63) is 29.7 Å². The van der Waals surface area contributed by atoms with Crippen molar-refractivity contribution in [2.24, 2.45) is 17.8 Å². The van der Waals surface area contributed by atoms with E-state index in [0.29, 0.717) is 82.3 Å². The number of carbonyl (C=O) groups excluding carboxylic acids is 3. The highest BCUT2D eigenvalue weighted by atomic mass is 16.5. The second-order valence-electron chi connectivity index (χ2n) is 12.6. The van der Waals surface area contributed by atoms with Gasteiger partial charge < -0.3 is 35.2 Å². The summed E-state index contributed by atoms with van der Waals surface area (Å²) < 4.78 is 10.5. The molecule has 2 aliphatic rings. The third kappa shape index (κ3) is 18.6. The molecule has 1 aromatic heterocycles. The number of carboxylic acids is 1. The molecule has 13 nitrogen and oxygen atoms in total. The number of aliphatic hydroxyl groups excluding tert-OH is 1. The average molecular weight is 666 g/mol. The number of anilines is 1. The maximum absolute atomic E-state index is 13.3. The Bertz CT molecular complexity index is 1080. The van der Waals surface area contributed by atoms with E-state index in [9.17, 15) is 19.2 Å². The molecule has 2 saturated heterocycles. The number of carbonyl (C=O) groups is 4. The van der Waals surface area contributed by atoms with Crippen molar-refractivity contribution in [1.82, 2.24) is 20.2 Å². The van der Waals surface area contributed by atoms with Crippen LogP contribution in [0.3, 0.4) is 0 Å². The summed E-state index contributed by atoms with van der Waals surface area (Å²) in [5, 5.41) is 21.5. The summed E-state index contributed by atoms with van der Waals surface area (Å²) >= 11 is 0. The Hall–Kier alpha value is -3.26. The topological polar surface area (TPSA) is 180 Å². The van der Waals surface area contributed by atoms with E-state index in [1.165, 1.54) is 6.42 Å². The lowest BCUT2D eigenvalue weighted by atomic mass is 9.85. The summed E-state index contributed by atoms with van der Waals surface area (Å²) in [6.07, 6.45) is 6.96. The summed E-state index contributed by atoms with van der Waals surface area (Å²) in [6, 6.07) is 0. The Balaban J connectivity index is 0.00000127. The molecule has 0 aliphatic carbocycles. The third-order valence-corrected chi connectivity index (χ3v) is 7.30. The number of aromatic nitrogens is 2. The predicted octanol–water partition coefficient (Wildman–Crippen LogP) is 3.37. The van der Waals surface area contributed by atoms with Gasteiger partial charge >= 0.3 is 5.97 Å². The number of aldehydes is 1. The summed E-state index contributed by atoms with van der Waals surface area (Å²) in [5.74, 6) is 1.25. The first-order valence-electron chi connectivity index (χ1n) is 16.3. The number of amides is 1. The number of methoxy groups -OCH3 is 1. The van der Waals surface area contributed by atoms with E-state index in [2.05, 4.69) is 62.1 Å². The van der Waals surface area contributed by atoms with Gasteiger partial charge in [0.25, 0.3) is 0 Å². The molecule has 47 heavy (non-hydrogen) atoms. The Morgan fingerprint density at radius 1 is 1.19 bits per heavy atom. The van der Waals surface area contributed by atoms with Crippen molar-refractivity contribution in [3.8, 4) is 0 Å². The van der Waals surface area contributed by atoms with E-state index >= 15 is 0 Å². The Morgan fingerprint density at radius 2 is 1.83 bits per heavy atom. The Kier molecular flexibility index (Phi) is 23.1. The molecule has 2 unspecified atom stereocenters. The molecule has 2 aliphatic heterocycles. The van der Waals surface area contributed by atoms with Gasteiger partial charge in [-0.05, 0) is 37.3 Å². The Morgan fingerprint density at radius 3 is 2.34 bits per heavy atom.